The molecule has 3 aliphatic rings. The summed E-state index contributed by atoms with van der Waals surface area (Å²) in [7, 11) is 0. The Morgan fingerprint density at radius 2 is 0.824 bits per heavy atom. The number of nitrogens with one attached hydrogen (secondary N) is 1. The fraction of sp³-hybridized carbons (Fsp3) is 0.652. The highest BCUT2D eigenvalue weighted by atomic mass is 16.8. The van der Waals surface area contributed by atoms with Crippen LogP contribution in [-0.2, 0) is 33.2 Å². The highest BCUT2D eigenvalue weighted by Crippen LogP contribution is 2.33. The molecule has 12 N–H and O–H groups in total. The molecule has 0 radical (unpaired) electrons. The van der Waals surface area contributed by atoms with Crippen LogP contribution in [0.25, 0.3) is 0 Å². The lowest BCUT2D eigenvalue weighted by Gasteiger charge is -2.48. The zero-order valence-electron chi connectivity index (χ0n) is 50.3. The summed E-state index contributed by atoms with van der Waals surface area (Å²) in [6.45, 7) is 1.40. The minimum Gasteiger partial charge on any atom is -0.394 e. The fourth-order valence-corrected chi connectivity index (χ4v) is 9.38. The van der Waals surface area contributed by atoms with Gasteiger partial charge in [0.25, 0.3) is 0 Å². The predicted molar refractivity (Wildman–Crippen MR) is 327 cm³/mol. The molecular formula is C66H105NO18. The molecule has 19 nitrogen and oxygen atoms in total. The van der Waals surface area contributed by atoms with Gasteiger partial charge >= 0.3 is 0 Å². The van der Waals surface area contributed by atoms with Crippen molar-refractivity contribution in [2.75, 3.05) is 26.4 Å². The Kier molecular flexibility index (Phi) is 41.6. The van der Waals surface area contributed by atoms with E-state index in [4.69, 9.17) is 28.4 Å². The number of amides is 1. The number of aliphatic hydroxyl groups excluding tert-OH is 11. The van der Waals surface area contributed by atoms with Crippen molar-refractivity contribution in [1.29, 1.82) is 0 Å². The van der Waals surface area contributed by atoms with Crippen LogP contribution in [0.15, 0.2) is 134 Å². The SMILES string of the molecule is CC/C=C\C/C=C\C/C=C\C/C=C\C/C=C\C/C=C\C/C=C\C/C=C\C/C=C\CCCCCCCC(=O)NC(COC1OC(CO)C(OC2OC(CO)C(OC3OC(CO)C(O)C(O)C3O)C(O)C2O)C(O)C1O)C(O)/C=C/CC/C=C/CCC. The van der Waals surface area contributed by atoms with Crippen molar-refractivity contribution in [1.82, 2.24) is 5.32 Å². The molecule has 3 saturated heterocycles. The molecule has 0 aromatic rings. The topological polar surface area (TPSA) is 307 Å². The van der Waals surface area contributed by atoms with Crippen LogP contribution in [-0.4, -0.2) is 193 Å². The minimum atomic E-state index is -1.99. The van der Waals surface area contributed by atoms with Crippen molar-refractivity contribution in [3.8, 4) is 0 Å². The van der Waals surface area contributed by atoms with E-state index in [2.05, 4.69) is 141 Å². The third-order valence-electron chi connectivity index (χ3n) is 14.4. The smallest absolute Gasteiger partial charge is 0.220 e. The summed E-state index contributed by atoms with van der Waals surface area (Å²) in [6, 6.07) is -1.01. The highest BCUT2D eigenvalue weighted by Gasteiger charge is 2.53. The number of rotatable bonds is 43. The molecule has 17 atom stereocenters. The zero-order chi connectivity index (χ0) is 61.9. The zero-order valence-corrected chi connectivity index (χ0v) is 50.3. The van der Waals surface area contributed by atoms with Gasteiger partial charge in [0.15, 0.2) is 18.9 Å². The number of carbonyl (C=O) groups excluding carboxylic acids is 1. The molecule has 3 aliphatic heterocycles. The maximum Gasteiger partial charge on any atom is 0.220 e. The predicted octanol–water partition coefficient (Wildman–Crippen LogP) is 6.26. The van der Waals surface area contributed by atoms with Crippen molar-refractivity contribution in [2.45, 2.75) is 247 Å². The van der Waals surface area contributed by atoms with Crippen molar-refractivity contribution in [2.24, 2.45) is 0 Å². The quantitative estimate of drug-likeness (QED) is 0.0237. The number of ether oxygens (including phenoxy) is 6. The van der Waals surface area contributed by atoms with Crippen molar-refractivity contribution >= 4 is 5.91 Å². The largest absolute Gasteiger partial charge is 0.394 e. The van der Waals surface area contributed by atoms with E-state index in [1.807, 2.05) is 0 Å². The summed E-state index contributed by atoms with van der Waals surface area (Å²) in [6.07, 6.45) is 37.8. The summed E-state index contributed by atoms with van der Waals surface area (Å²) in [5.74, 6) is -0.318. The molecule has 3 rings (SSSR count). The summed E-state index contributed by atoms with van der Waals surface area (Å²) < 4.78 is 34.1. The monoisotopic (exact) mass is 1200 g/mol. The summed E-state index contributed by atoms with van der Waals surface area (Å²) in [5, 5.41) is 120. The van der Waals surface area contributed by atoms with Gasteiger partial charge in [-0.1, -0.05) is 173 Å². The molecule has 19 heteroatoms. The number of allylic oxidation sites excluding steroid dienone is 21. The van der Waals surface area contributed by atoms with Crippen LogP contribution >= 0.6 is 0 Å². The van der Waals surface area contributed by atoms with Gasteiger partial charge in [0.1, 0.15) is 73.2 Å². The maximum atomic E-state index is 13.3. The Bertz CT molecular complexity index is 2060. The molecule has 3 heterocycles. The van der Waals surface area contributed by atoms with E-state index < -0.39 is 124 Å². The lowest BCUT2D eigenvalue weighted by Crippen LogP contribution is -2.66. The van der Waals surface area contributed by atoms with Gasteiger partial charge in [-0.3, -0.25) is 4.79 Å². The van der Waals surface area contributed by atoms with Crippen LogP contribution in [0.1, 0.15) is 142 Å². The van der Waals surface area contributed by atoms with Gasteiger partial charge in [0.2, 0.25) is 5.91 Å². The van der Waals surface area contributed by atoms with E-state index >= 15 is 0 Å². The molecule has 482 valence electrons. The number of aliphatic hydroxyl groups is 11. The van der Waals surface area contributed by atoms with E-state index in [0.29, 0.717) is 12.8 Å². The second-order valence-electron chi connectivity index (χ2n) is 21.4. The summed E-state index contributed by atoms with van der Waals surface area (Å²) >= 11 is 0. The molecule has 0 aromatic heterocycles. The van der Waals surface area contributed by atoms with Gasteiger partial charge in [0.05, 0.1) is 38.6 Å². The second kappa shape index (κ2) is 47.0. The van der Waals surface area contributed by atoms with Gasteiger partial charge in [-0.05, 0) is 96.3 Å². The molecule has 1 amide bonds. The Labute approximate surface area is 505 Å². The Morgan fingerprint density at radius 1 is 0.435 bits per heavy atom. The van der Waals surface area contributed by atoms with Gasteiger partial charge in [-0.25, -0.2) is 0 Å². The third kappa shape index (κ3) is 30.1. The number of hydrogen-bond acceptors (Lipinski definition) is 18. The van der Waals surface area contributed by atoms with Crippen LogP contribution in [0, 0.1) is 0 Å². The summed E-state index contributed by atoms with van der Waals surface area (Å²) in [5.41, 5.74) is 0. The average Bonchev–Trinajstić information content (AvgIpc) is 3.70. The van der Waals surface area contributed by atoms with E-state index in [1.165, 1.54) is 0 Å². The molecule has 85 heavy (non-hydrogen) atoms. The standard InChI is InChI=1S/C66H105NO18/c1-3-5-7-9-11-12-13-14-15-16-17-18-19-20-21-22-23-24-25-26-27-28-29-30-31-32-33-34-35-36-38-40-42-44-54(72)67-49(50(71)43-41-39-37-10-8-6-4-2)48-80-64-60(78)57(75)62(52(46-69)82-64)85-66-61(79)58(76)63(53(47-70)83-66)84-65-59(77)56(74)55(73)51(45-68)81-65/h5,7-8,10-12,14-15,17-18,20-21,23-24,26-27,29-30,32-33,41,43,49-53,55-66,68-71,73-79H,3-4,6,9,13,16,19,22,25,28,31,34-40,42,44-48H2,1-2H3,(H,67,72)/b7-5-,10-8+,12-11-,15-14-,18-17-,21-20-,24-23-,27-26-,30-29-,33-32-,43-41+. The van der Waals surface area contributed by atoms with Crippen molar-refractivity contribution < 1.29 is 89.4 Å². The lowest BCUT2D eigenvalue weighted by atomic mass is 9.96. The number of hydrogen-bond donors (Lipinski definition) is 12. The molecule has 0 bridgehead atoms. The lowest BCUT2D eigenvalue weighted by molar-refractivity contribution is -0.379. The van der Waals surface area contributed by atoms with Crippen LogP contribution in [0.5, 0.6) is 0 Å². The van der Waals surface area contributed by atoms with E-state index in [-0.39, 0.29) is 18.9 Å². The molecule has 0 aromatic carbocycles. The molecule has 3 fully saturated rings. The molecule has 0 spiro atoms. The third-order valence-corrected chi connectivity index (χ3v) is 14.4. The molecule has 0 aliphatic carbocycles. The Balaban J connectivity index is 1.37. The average molecular weight is 1200 g/mol. The van der Waals surface area contributed by atoms with Gasteiger partial charge in [0, 0.05) is 6.42 Å². The molecule has 0 saturated carbocycles. The summed E-state index contributed by atoms with van der Waals surface area (Å²) in [4.78, 5) is 13.3. The number of carbonyl (C=O) groups is 1. The van der Waals surface area contributed by atoms with Gasteiger partial charge in [-0.2, -0.15) is 0 Å². The normalized spacial score (nSPS) is 29.9. The Morgan fingerprint density at radius 3 is 1.31 bits per heavy atom. The number of unbranched alkanes of at least 4 members (excludes halogenated alkanes) is 7. The highest BCUT2D eigenvalue weighted by molar-refractivity contribution is 5.76. The first-order valence-corrected chi connectivity index (χ1v) is 30.9. The first-order chi connectivity index (χ1) is 41.3. The van der Waals surface area contributed by atoms with E-state index in [0.717, 1.165) is 109 Å². The van der Waals surface area contributed by atoms with Crippen molar-refractivity contribution in [3.05, 3.63) is 134 Å². The molecular weight excluding hydrogens is 1090 g/mol. The van der Waals surface area contributed by atoms with Gasteiger partial charge < -0.3 is 89.9 Å². The van der Waals surface area contributed by atoms with Crippen LogP contribution < -0.4 is 5.32 Å². The van der Waals surface area contributed by atoms with E-state index in [9.17, 15) is 61.0 Å². The fourth-order valence-electron chi connectivity index (χ4n) is 9.38. The second-order valence-corrected chi connectivity index (χ2v) is 21.4. The Hall–Kier alpha value is -4.07. The van der Waals surface area contributed by atoms with Gasteiger partial charge in [-0.15, -0.1) is 0 Å². The van der Waals surface area contributed by atoms with E-state index in [1.54, 1.807) is 12.2 Å². The minimum absolute atomic E-state index is 0.202. The maximum absolute atomic E-state index is 13.3. The van der Waals surface area contributed by atoms with Crippen LogP contribution in [0.4, 0.5) is 0 Å². The first-order valence-electron chi connectivity index (χ1n) is 30.9. The van der Waals surface area contributed by atoms with Crippen LogP contribution in [0.2, 0.25) is 0 Å². The molecule has 17 unspecified atom stereocenters. The van der Waals surface area contributed by atoms with Crippen LogP contribution in [0.3, 0.4) is 0 Å². The van der Waals surface area contributed by atoms with Crippen molar-refractivity contribution in [3.63, 3.8) is 0 Å². The first kappa shape index (κ1) is 75.2.